The van der Waals surface area contributed by atoms with E-state index in [4.69, 9.17) is 0 Å². The van der Waals surface area contributed by atoms with E-state index in [9.17, 15) is 18.0 Å². The van der Waals surface area contributed by atoms with E-state index in [0.717, 1.165) is 6.07 Å². The van der Waals surface area contributed by atoms with E-state index in [1.807, 2.05) is 0 Å². The van der Waals surface area contributed by atoms with Gasteiger partial charge in [0, 0.05) is 6.42 Å². The smallest absolute Gasteiger partial charge is 0.266 e. The average molecular weight is 216 g/mol. The molecule has 0 amide bonds. The van der Waals surface area contributed by atoms with Crippen molar-refractivity contribution in [1.82, 2.24) is 0 Å². The first-order valence-corrected chi connectivity index (χ1v) is 4.48. The summed E-state index contributed by atoms with van der Waals surface area (Å²) in [5.41, 5.74) is 0.0328. The van der Waals surface area contributed by atoms with Gasteiger partial charge in [0.05, 0.1) is 5.56 Å². The monoisotopic (exact) mass is 216 g/mol. The summed E-state index contributed by atoms with van der Waals surface area (Å²) < 4.78 is 38.0. The lowest BCUT2D eigenvalue weighted by molar-refractivity contribution is -0.116. The number of hydrogen-bond acceptors (Lipinski definition) is 1. The Morgan fingerprint density at radius 1 is 1.40 bits per heavy atom. The van der Waals surface area contributed by atoms with Gasteiger partial charge in [0.25, 0.3) is 6.43 Å². The predicted octanol–water partition coefficient (Wildman–Crippen LogP) is 3.20. The van der Waals surface area contributed by atoms with Gasteiger partial charge in [-0.3, -0.25) is 4.79 Å². The molecule has 1 aromatic carbocycles. The highest BCUT2D eigenvalue weighted by Crippen LogP contribution is 2.26. The quantitative estimate of drug-likeness (QED) is 0.758. The molecule has 0 unspecified atom stereocenters. The Kier molecular flexibility index (Phi) is 3.50. The van der Waals surface area contributed by atoms with Crippen molar-refractivity contribution in [2.45, 2.75) is 26.7 Å². The zero-order chi connectivity index (χ0) is 11.6. The fourth-order valence-electron chi connectivity index (χ4n) is 1.49. The second-order valence-corrected chi connectivity index (χ2v) is 3.49. The number of alkyl halides is 2. The number of hydrogen-bond donors (Lipinski definition) is 0. The summed E-state index contributed by atoms with van der Waals surface area (Å²) in [6, 6.07) is 2.42. The van der Waals surface area contributed by atoms with Gasteiger partial charge in [-0.05, 0) is 31.0 Å². The summed E-state index contributed by atoms with van der Waals surface area (Å²) in [4.78, 5) is 10.8. The molecule has 15 heavy (non-hydrogen) atoms. The zero-order valence-electron chi connectivity index (χ0n) is 8.48. The van der Waals surface area contributed by atoms with Crippen molar-refractivity contribution in [1.29, 1.82) is 0 Å². The van der Waals surface area contributed by atoms with Crippen LogP contribution in [0.5, 0.6) is 0 Å². The van der Waals surface area contributed by atoms with Crippen LogP contribution in [0.1, 0.15) is 30.0 Å². The minimum absolute atomic E-state index is 0.0707. The summed E-state index contributed by atoms with van der Waals surface area (Å²) in [7, 11) is 0. The third-order valence-corrected chi connectivity index (χ3v) is 2.07. The van der Waals surface area contributed by atoms with Crippen LogP contribution in [0.2, 0.25) is 0 Å². The molecule has 0 spiro atoms. The first-order valence-electron chi connectivity index (χ1n) is 4.48. The molecule has 1 aromatic rings. The predicted molar refractivity (Wildman–Crippen MR) is 50.5 cm³/mol. The average Bonchev–Trinajstić information content (AvgIpc) is 1.99. The molecule has 82 valence electrons. The Hall–Kier alpha value is -1.32. The van der Waals surface area contributed by atoms with Gasteiger partial charge in [-0.15, -0.1) is 0 Å². The molecule has 0 aromatic heterocycles. The van der Waals surface area contributed by atoms with Crippen LogP contribution < -0.4 is 0 Å². The minimum Gasteiger partial charge on any atom is -0.300 e. The Balaban J connectivity index is 3.13. The Bertz CT molecular complexity index is 362. The van der Waals surface area contributed by atoms with Crippen LogP contribution in [0, 0.1) is 12.7 Å². The summed E-state index contributed by atoms with van der Waals surface area (Å²) >= 11 is 0. The van der Waals surface area contributed by atoms with Gasteiger partial charge < -0.3 is 0 Å². The van der Waals surface area contributed by atoms with Gasteiger partial charge in [0.1, 0.15) is 11.6 Å². The molecule has 0 aliphatic carbocycles. The maximum absolute atomic E-state index is 13.2. The van der Waals surface area contributed by atoms with E-state index in [1.165, 1.54) is 19.9 Å². The number of benzene rings is 1. The number of carbonyl (C=O) groups is 1. The second-order valence-electron chi connectivity index (χ2n) is 3.49. The number of rotatable bonds is 3. The van der Waals surface area contributed by atoms with Crippen molar-refractivity contribution < 1.29 is 18.0 Å². The van der Waals surface area contributed by atoms with Crippen LogP contribution in [0.4, 0.5) is 13.2 Å². The van der Waals surface area contributed by atoms with Gasteiger partial charge in [0.15, 0.2) is 0 Å². The lowest BCUT2D eigenvalue weighted by Crippen LogP contribution is -2.01. The lowest BCUT2D eigenvalue weighted by Gasteiger charge is -2.08. The van der Waals surface area contributed by atoms with Crippen molar-refractivity contribution in [3.8, 4) is 0 Å². The second kappa shape index (κ2) is 4.47. The van der Waals surface area contributed by atoms with E-state index in [1.54, 1.807) is 0 Å². The molecule has 0 bridgehead atoms. The van der Waals surface area contributed by atoms with Gasteiger partial charge in [-0.25, -0.2) is 13.2 Å². The van der Waals surface area contributed by atoms with E-state index in [-0.39, 0.29) is 17.8 Å². The van der Waals surface area contributed by atoms with Crippen LogP contribution in [0.3, 0.4) is 0 Å². The summed E-state index contributed by atoms with van der Waals surface area (Å²) in [6.45, 7) is 2.78. The van der Waals surface area contributed by atoms with Crippen LogP contribution in [0.15, 0.2) is 12.1 Å². The molecule has 1 rings (SSSR count). The maximum atomic E-state index is 13.2. The van der Waals surface area contributed by atoms with E-state index >= 15 is 0 Å². The topological polar surface area (TPSA) is 17.1 Å². The lowest BCUT2D eigenvalue weighted by atomic mass is 10.0. The van der Waals surface area contributed by atoms with Gasteiger partial charge in [0.2, 0.25) is 0 Å². The largest absolute Gasteiger partial charge is 0.300 e. The number of halogens is 3. The highest BCUT2D eigenvalue weighted by molar-refractivity contribution is 5.78. The van der Waals surface area contributed by atoms with Gasteiger partial charge >= 0.3 is 0 Å². The third-order valence-electron chi connectivity index (χ3n) is 2.07. The Morgan fingerprint density at radius 2 is 2.00 bits per heavy atom. The normalized spacial score (nSPS) is 10.8. The highest BCUT2D eigenvalue weighted by Gasteiger charge is 2.17. The third kappa shape index (κ3) is 2.81. The molecular formula is C11H11F3O. The van der Waals surface area contributed by atoms with Crippen molar-refractivity contribution >= 4 is 5.78 Å². The zero-order valence-corrected chi connectivity index (χ0v) is 8.48. The molecule has 0 aliphatic heterocycles. The number of ketones is 1. The Labute approximate surface area is 85.9 Å². The minimum atomic E-state index is -2.82. The molecule has 0 saturated heterocycles. The van der Waals surface area contributed by atoms with E-state index < -0.39 is 17.8 Å². The molecule has 4 heteroatoms. The summed E-state index contributed by atoms with van der Waals surface area (Å²) in [6.07, 6.45) is -2.75. The van der Waals surface area contributed by atoms with Gasteiger partial charge in [-0.2, -0.15) is 0 Å². The SMILES string of the molecule is CC(=O)Cc1cc(C)c(C(F)F)c(F)c1. The van der Waals surface area contributed by atoms with E-state index in [0.29, 0.717) is 5.56 Å². The number of aryl methyl sites for hydroxylation is 1. The standard InChI is InChI=1S/C11H11F3O/c1-6-3-8(4-7(2)15)5-9(12)10(6)11(13)14/h3,5,11H,4H2,1-2H3. The molecule has 0 radical (unpaired) electrons. The number of carbonyl (C=O) groups excluding carboxylic acids is 1. The molecule has 0 saturated carbocycles. The molecule has 0 aliphatic rings. The maximum Gasteiger partial charge on any atom is 0.266 e. The van der Waals surface area contributed by atoms with Gasteiger partial charge in [-0.1, -0.05) is 6.07 Å². The van der Waals surface area contributed by atoms with Crippen molar-refractivity contribution in [2.75, 3.05) is 0 Å². The summed E-state index contributed by atoms with van der Waals surface area (Å²) in [5.74, 6) is -1.07. The number of Topliss-reactive ketones (excluding diaryl/α,β-unsaturated/α-hetero) is 1. The first kappa shape index (κ1) is 11.8. The van der Waals surface area contributed by atoms with Crippen LogP contribution in [-0.4, -0.2) is 5.78 Å². The highest BCUT2D eigenvalue weighted by atomic mass is 19.3. The van der Waals surface area contributed by atoms with Crippen LogP contribution >= 0.6 is 0 Å². The molecule has 0 N–H and O–H groups in total. The Morgan fingerprint density at radius 3 is 2.40 bits per heavy atom. The van der Waals surface area contributed by atoms with Crippen molar-refractivity contribution in [2.24, 2.45) is 0 Å². The molecule has 0 atom stereocenters. The fraction of sp³-hybridized carbons (Fsp3) is 0.364. The molecule has 0 fully saturated rings. The summed E-state index contributed by atoms with van der Waals surface area (Å²) in [5, 5.41) is 0. The molecule has 1 nitrogen and oxygen atoms in total. The van der Waals surface area contributed by atoms with E-state index in [2.05, 4.69) is 0 Å². The van der Waals surface area contributed by atoms with Crippen molar-refractivity contribution in [3.05, 3.63) is 34.6 Å². The fourth-order valence-corrected chi connectivity index (χ4v) is 1.49. The van der Waals surface area contributed by atoms with Crippen LogP contribution in [0.25, 0.3) is 0 Å². The van der Waals surface area contributed by atoms with Crippen LogP contribution in [-0.2, 0) is 11.2 Å². The van der Waals surface area contributed by atoms with Crippen molar-refractivity contribution in [3.63, 3.8) is 0 Å². The molecule has 0 heterocycles. The first-order chi connectivity index (χ1) is 6.91. The molecular weight excluding hydrogens is 205 g/mol.